The number of para-hydroxylation sites is 1. The van der Waals surface area contributed by atoms with Gasteiger partial charge in [-0.3, -0.25) is 4.79 Å². The first-order valence-electron chi connectivity index (χ1n) is 9.53. The van der Waals surface area contributed by atoms with Gasteiger partial charge >= 0.3 is 0 Å². The Balaban J connectivity index is 1.84. The number of carbonyl (C=O) groups is 1. The predicted octanol–water partition coefficient (Wildman–Crippen LogP) is 2.65. The number of likely N-dealkylation sites (tertiary alicyclic amines) is 1. The van der Waals surface area contributed by atoms with E-state index in [0.29, 0.717) is 37.3 Å². The molecule has 2 atom stereocenters. The number of benzene rings is 2. The Kier molecular flexibility index (Phi) is 6.31. The molecule has 0 aromatic heterocycles. The van der Waals surface area contributed by atoms with Crippen LogP contribution in [0.5, 0.6) is 5.75 Å². The molecule has 5 nitrogen and oxygen atoms in total. The summed E-state index contributed by atoms with van der Waals surface area (Å²) in [6.45, 7) is 2.64. The molecular formula is C22H26FNO4. The van der Waals surface area contributed by atoms with Crippen LogP contribution >= 0.6 is 0 Å². The van der Waals surface area contributed by atoms with Crippen molar-refractivity contribution in [2.24, 2.45) is 5.41 Å². The number of nitrogens with zero attached hydrogens (tertiary/aromatic N) is 1. The SMILES string of the molecule is CCOc1ccccc1C(=O)N1CC[C@H](O)[C@@](CO)(Cc2ccc(F)cc2)C1. The van der Waals surface area contributed by atoms with Crippen molar-refractivity contribution in [3.8, 4) is 5.75 Å². The minimum atomic E-state index is -0.897. The molecule has 0 aliphatic carbocycles. The summed E-state index contributed by atoms with van der Waals surface area (Å²) in [6.07, 6.45) is -0.0414. The number of hydrogen-bond acceptors (Lipinski definition) is 4. The lowest BCUT2D eigenvalue weighted by molar-refractivity contribution is -0.0669. The number of amides is 1. The second-order valence-corrected chi connectivity index (χ2v) is 7.28. The smallest absolute Gasteiger partial charge is 0.257 e. The highest BCUT2D eigenvalue weighted by atomic mass is 19.1. The zero-order valence-corrected chi connectivity index (χ0v) is 16.0. The first kappa shape index (κ1) is 20.3. The lowest BCUT2D eigenvalue weighted by Crippen LogP contribution is -2.56. The minimum absolute atomic E-state index is 0.187. The molecule has 0 spiro atoms. The van der Waals surface area contributed by atoms with Crippen LogP contribution in [0.2, 0.25) is 0 Å². The molecule has 1 heterocycles. The van der Waals surface area contributed by atoms with Crippen molar-refractivity contribution in [2.45, 2.75) is 25.9 Å². The first-order valence-corrected chi connectivity index (χ1v) is 9.53. The highest BCUT2D eigenvalue weighted by Crippen LogP contribution is 2.35. The summed E-state index contributed by atoms with van der Waals surface area (Å²) >= 11 is 0. The van der Waals surface area contributed by atoms with E-state index in [2.05, 4.69) is 0 Å². The summed E-state index contributed by atoms with van der Waals surface area (Å²) in [5.74, 6) is -0.00235. The van der Waals surface area contributed by atoms with Crippen molar-refractivity contribution < 1.29 is 24.1 Å². The average molecular weight is 387 g/mol. The molecule has 0 saturated carbocycles. The van der Waals surface area contributed by atoms with Crippen LogP contribution in [-0.2, 0) is 6.42 Å². The molecule has 150 valence electrons. The van der Waals surface area contributed by atoms with Gasteiger partial charge < -0.3 is 19.8 Å². The fourth-order valence-corrected chi connectivity index (χ4v) is 3.81. The maximum absolute atomic E-state index is 13.2. The van der Waals surface area contributed by atoms with Gasteiger partial charge in [0.05, 0.1) is 24.9 Å². The van der Waals surface area contributed by atoms with E-state index in [0.717, 1.165) is 5.56 Å². The summed E-state index contributed by atoms with van der Waals surface area (Å²) in [5.41, 5.74) is 0.375. The molecule has 0 radical (unpaired) electrons. The molecule has 1 aliphatic rings. The molecule has 2 aromatic rings. The Morgan fingerprint density at radius 3 is 2.64 bits per heavy atom. The number of ether oxygens (including phenoxy) is 1. The quantitative estimate of drug-likeness (QED) is 0.800. The number of aliphatic hydroxyl groups excluding tert-OH is 2. The van der Waals surface area contributed by atoms with E-state index in [9.17, 15) is 19.4 Å². The third-order valence-electron chi connectivity index (χ3n) is 5.37. The van der Waals surface area contributed by atoms with Crippen LogP contribution in [0.3, 0.4) is 0 Å². The van der Waals surface area contributed by atoms with Crippen LogP contribution in [0.25, 0.3) is 0 Å². The lowest BCUT2D eigenvalue weighted by atomic mass is 9.73. The molecule has 2 N–H and O–H groups in total. The number of piperidine rings is 1. The molecular weight excluding hydrogens is 361 g/mol. The Hall–Kier alpha value is -2.44. The summed E-state index contributed by atoms with van der Waals surface area (Å²) in [5, 5.41) is 20.8. The van der Waals surface area contributed by atoms with Gasteiger partial charge in [0.25, 0.3) is 5.91 Å². The highest BCUT2D eigenvalue weighted by Gasteiger charge is 2.44. The van der Waals surface area contributed by atoms with Crippen molar-refractivity contribution in [1.82, 2.24) is 4.90 Å². The zero-order valence-electron chi connectivity index (χ0n) is 16.0. The van der Waals surface area contributed by atoms with E-state index in [1.807, 2.05) is 13.0 Å². The van der Waals surface area contributed by atoms with E-state index in [1.54, 1.807) is 35.2 Å². The molecule has 1 aliphatic heterocycles. The standard InChI is InChI=1S/C22H26FNO4/c1-2-28-19-6-4-3-5-18(19)21(27)24-12-11-20(26)22(14-24,15-25)13-16-7-9-17(23)10-8-16/h3-10,20,25-26H,2,11-15H2,1H3/t20-,22-/m0/s1. The maximum Gasteiger partial charge on any atom is 0.257 e. The topological polar surface area (TPSA) is 70.0 Å². The average Bonchev–Trinajstić information content (AvgIpc) is 2.71. The third kappa shape index (κ3) is 4.18. The molecule has 28 heavy (non-hydrogen) atoms. The zero-order chi connectivity index (χ0) is 20.1. The minimum Gasteiger partial charge on any atom is -0.493 e. The van der Waals surface area contributed by atoms with Gasteiger partial charge in [0.15, 0.2) is 0 Å². The van der Waals surface area contributed by atoms with Crippen molar-refractivity contribution in [1.29, 1.82) is 0 Å². The van der Waals surface area contributed by atoms with Crippen LogP contribution in [0.1, 0.15) is 29.3 Å². The second-order valence-electron chi connectivity index (χ2n) is 7.28. The van der Waals surface area contributed by atoms with Gasteiger partial charge in [0, 0.05) is 18.5 Å². The van der Waals surface area contributed by atoms with Crippen LogP contribution in [0.15, 0.2) is 48.5 Å². The summed E-state index contributed by atoms with van der Waals surface area (Å²) in [7, 11) is 0. The monoisotopic (exact) mass is 387 g/mol. The second kappa shape index (κ2) is 8.71. The summed E-state index contributed by atoms with van der Waals surface area (Å²) in [4.78, 5) is 14.8. The van der Waals surface area contributed by atoms with Crippen LogP contribution in [-0.4, -0.2) is 53.4 Å². The van der Waals surface area contributed by atoms with E-state index < -0.39 is 11.5 Å². The Bertz CT molecular complexity index is 810. The first-order chi connectivity index (χ1) is 13.5. The molecule has 1 fully saturated rings. The molecule has 6 heteroatoms. The Morgan fingerprint density at radius 1 is 1.25 bits per heavy atom. The van der Waals surface area contributed by atoms with E-state index in [1.165, 1.54) is 12.1 Å². The largest absolute Gasteiger partial charge is 0.493 e. The van der Waals surface area contributed by atoms with E-state index in [-0.39, 0.29) is 24.9 Å². The van der Waals surface area contributed by atoms with E-state index in [4.69, 9.17) is 4.74 Å². The Labute approximate surface area is 164 Å². The number of carbonyl (C=O) groups excluding carboxylic acids is 1. The van der Waals surface area contributed by atoms with Crippen molar-refractivity contribution in [3.05, 3.63) is 65.5 Å². The van der Waals surface area contributed by atoms with Gasteiger partial charge in [-0.25, -0.2) is 4.39 Å². The predicted molar refractivity (Wildman–Crippen MR) is 104 cm³/mol. The summed E-state index contributed by atoms with van der Waals surface area (Å²) < 4.78 is 18.8. The fourth-order valence-electron chi connectivity index (χ4n) is 3.81. The molecule has 1 saturated heterocycles. The van der Waals surface area contributed by atoms with Gasteiger partial charge in [-0.05, 0) is 49.6 Å². The van der Waals surface area contributed by atoms with E-state index >= 15 is 0 Å². The fraction of sp³-hybridized carbons (Fsp3) is 0.409. The molecule has 1 amide bonds. The third-order valence-corrected chi connectivity index (χ3v) is 5.37. The Morgan fingerprint density at radius 2 is 1.96 bits per heavy atom. The lowest BCUT2D eigenvalue weighted by Gasteiger charge is -2.45. The molecule has 3 rings (SSSR count). The number of hydrogen-bond donors (Lipinski definition) is 2. The maximum atomic E-state index is 13.2. The molecule has 0 unspecified atom stereocenters. The summed E-state index contributed by atoms with van der Waals surface area (Å²) in [6, 6.07) is 13.1. The van der Waals surface area contributed by atoms with Crippen molar-refractivity contribution in [2.75, 3.05) is 26.3 Å². The molecule has 2 aromatic carbocycles. The molecule has 0 bridgehead atoms. The van der Waals surface area contributed by atoms with Crippen molar-refractivity contribution in [3.63, 3.8) is 0 Å². The van der Waals surface area contributed by atoms with Crippen LogP contribution in [0, 0.1) is 11.2 Å². The van der Waals surface area contributed by atoms with Crippen molar-refractivity contribution >= 4 is 5.91 Å². The van der Waals surface area contributed by atoms with Crippen LogP contribution in [0.4, 0.5) is 4.39 Å². The number of aliphatic hydroxyl groups is 2. The highest BCUT2D eigenvalue weighted by molar-refractivity contribution is 5.97. The van der Waals surface area contributed by atoms with Gasteiger partial charge in [-0.2, -0.15) is 0 Å². The van der Waals surface area contributed by atoms with Crippen LogP contribution < -0.4 is 4.74 Å². The van der Waals surface area contributed by atoms with Gasteiger partial charge in [0.2, 0.25) is 0 Å². The number of rotatable bonds is 6. The number of halogens is 1. The van der Waals surface area contributed by atoms with Gasteiger partial charge in [-0.1, -0.05) is 24.3 Å². The normalized spacial score (nSPS) is 22.1. The van der Waals surface area contributed by atoms with Gasteiger partial charge in [-0.15, -0.1) is 0 Å². The van der Waals surface area contributed by atoms with Gasteiger partial charge in [0.1, 0.15) is 11.6 Å².